The first-order valence-electron chi connectivity index (χ1n) is 4.95. The van der Waals surface area contributed by atoms with Gasteiger partial charge in [0, 0.05) is 21.6 Å². The van der Waals surface area contributed by atoms with Crippen molar-refractivity contribution in [2.75, 3.05) is 0 Å². The van der Waals surface area contributed by atoms with Crippen molar-refractivity contribution in [3.8, 4) is 0 Å². The minimum Gasteiger partial charge on any atom is -0.446 e. The van der Waals surface area contributed by atoms with Gasteiger partial charge in [-0.15, -0.1) is 0 Å². The second kappa shape index (κ2) is 5.71. The van der Waals surface area contributed by atoms with Gasteiger partial charge in [0.05, 0.1) is 6.26 Å². The largest absolute Gasteiger partial charge is 0.446 e. The zero-order chi connectivity index (χ0) is 12.1. The molecule has 2 nitrogen and oxygen atoms in total. The summed E-state index contributed by atoms with van der Waals surface area (Å²) in [4.78, 5) is 3.97. The van der Waals surface area contributed by atoms with Crippen molar-refractivity contribution >= 4 is 34.3 Å². The molecule has 3 aromatic rings. The van der Waals surface area contributed by atoms with Gasteiger partial charge in [-0.05, 0) is 42.5 Å². The molecule has 4 heteroatoms. The van der Waals surface area contributed by atoms with Gasteiger partial charge in [0.15, 0.2) is 0 Å². The standard InChI is InChI=1S/C7H5NO.C6H4Cl2/c1-2-6-3-5-9-7(6)8-4-1;7-5-1-2-6(8)4-3-5/h1-5H;1-4H. The molecule has 0 amide bonds. The molecule has 2 aromatic heterocycles. The number of fused-ring (bicyclic) bond motifs is 1. The number of benzene rings is 1. The molecule has 0 fully saturated rings. The van der Waals surface area contributed by atoms with E-state index in [1.54, 1.807) is 36.7 Å². The number of rotatable bonds is 0. The van der Waals surface area contributed by atoms with Crippen molar-refractivity contribution in [2.45, 2.75) is 0 Å². The Labute approximate surface area is 109 Å². The first kappa shape index (κ1) is 12.0. The van der Waals surface area contributed by atoms with E-state index in [-0.39, 0.29) is 0 Å². The van der Waals surface area contributed by atoms with Gasteiger partial charge in [-0.3, -0.25) is 0 Å². The summed E-state index contributed by atoms with van der Waals surface area (Å²) in [5, 5.41) is 2.49. The summed E-state index contributed by atoms with van der Waals surface area (Å²) in [6.45, 7) is 0. The zero-order valence-corrected chi connectivity index (χ0v) is 10.3. The Bertz CT molecular complexity index is 538. The van der Waals surface area contributed by atoms with Crippen molar-refractivity contribution in [1.82, 2.24) is 4.98 Å². The number of hydrogen-bond donors (Lipinski definition) is 0. The van der Waals surface area contributed by atoms with E-state index in [9.17, 15) is 0 Å². The molecule has 0 atom stereocenters. The van der Waals surface area contributed by atoms with Crippen LogP contribution in [0.5, 0.6) is 0 Å². The normalized spacial score (nSPS) is 9.76. The Morgan fingerprint density at radius 1 is 0.882 bits per heavy atom. The van der Waals surface area contributed by atoms with Crippen LogP contribution in [-0.4, -0.2) is 4.98 Å². The third-order valence-electron chi connectivity index (χ3n) is 2.03. The van der Waals surface area contributed by atoms with Gasteiger partial charge in [0.25, 0.3) is 0 Å². The van der Waals surface area contributed by atoms with E-state index in [1.807, 2.05) is 18.2 Å². The van der Waals surface area contributed by atoms with Crippen LogP contribution in [0.1, 0.15) is 0 Å². The van der Waals surface area contributed by atoms with Crippen LogP contribution in [0.15, 0.2) is 59.3 Å². The summed E-state index contributed by atoms with van der Waals surface area (Å²) < 4.78 is 5.01. The molecule has 17 heavy (non-hydrogen) atoms. The highest BCUT2D eigenvalue weighted by molar-refractivity contribution is 6.32. The number of hydrogen-bond acceptors (Lipinski definition) is 2. The molecule has 86 valence electrons. The third-order valence-corrected chi connectivity index (χ3v) is 2.54. The van der Waals surface area contributed by atoms with Crippen molar-refractivity contribution < 1.29 is 4.42 Å². The van der Waals surface area contributed by atoms with Gasteiger partial charge in [0.1, 0.15) is 0 Å². The lowest BCUT2D eigenvalue weighted by atomic mass is 10.4. The molecule has 2 heterocycles. The van der Waals surface area contributed by atoms with Gasteiger partial charge in [-0.1, -0.05) is 23.2 Å². The summed E-state index contributed by atoms with van der Waals surface area (Å²) in [5.41, 5.74) is 0.706. The van der Waals surface area contributed by atoms with E-state index in [0.717, 1.165) is 15.4 Å². The summed E-state index contributed by atoms with van der Waals surface area (Å²) in [6, 6.07) is 12.8. The first-order valence-corrected chi connectivity index (χ1v) is 5.70. The van der Waals surface area contributed by atoms with Gasteiger partial charge < -0.3 is 4.42 Å². The predicted molar refractivity (Wildman–Crippen MR) is 70.5 cm³/mol. The van der Waals surface area contributed by atoms with Crippen LogP contribution < -0.4 is 0 Å². The highest BCUT2D eigenvalue weighted by atomic mass is 35.5. The van der Waals surface area contributed by atoms with Crippen LogP contribution >= 0.6 is 23.2 Å². The smallest absolute Gasteiger partial charge is 0.225 e. The number of aromatic nitrogens is 1. The quantitative estimate of drug-likeness (QED) is 0.583. The van der Waals surface area contributed by atoms with Gasteiger partial charge in [0.2, 0.25) is 5.71 Å². The summed E-state index contributed by atoms with van der Waals surface area (Å²) in [7, 11) is 0. The van der Waals surface area contributed by atoms with Gasteiger partial charge in [-0.2, -0.15) is 0 Å². The maximum atomic E-state index is 5.55. The van der Waals surface area contributed by atoms with Crippen LogP contribution in [0.3, 0.4) is 0 Å². The Morgan fingerprint density at radius 2 is 1.53 bits per heavy atom. The topological polar surface area (TPSA) is 26.0 Å². The number of furan rings is 1. The number of halogens is 2. The molecule has 0 aliphatic rings. The molecular formula is C13H9Cl2NO. The summed E-state index contributed by atoms with van der Waals surface area (Å²) >= 11 is 11.1. The minimum atomic E-state index is 0.706. The molecule has 1 aromatic carbocycles. The summed E-state index contributed by atoms with van der Waals surface area (Å²) in [6.07, 6.45) is 3.35. The van der Waals surface area contributed by atoms with Gasteiger partial charge >= 0.3 is 0 Å². The van der Waals surface area contributed by atoms with Crippen molar-refractivity contribution in [2.24, 2.45) is 0 Å². The molecule has 0 aliphatic heterocycles. The lowest BCUT2D eigenvalue weighted by Crippen LogP contribution is -1.66. The number of nitrogens with zero attached hydrogens (tertiary/aromatic N) is 1. The second-order valence-corrected chi connectivity index (χ2v) is 4.13. The minimum absolute atomic E-state index is 0.706. The van der Waals surface area contributed by atoms with Crippen molar-refractivity contribution in [3.63, 3.8) is 0 Å². The maximum absolute atomic E-state index is 5.55. The fourth-order valence-corrected chi connectivity index (χ4v) is 1.48. The van der Waals surface area contributed by atoms with E-state index >= 15 is 0 Å². The molecule has 0 radical (unpaired) electrons. The monoisotopic (exact) mass is 265 g/mol. The van der Waals surface area contributed by atoms with Gasteiger partial charge in [-0.25, -0.2) is 4.98 Å². The number of pyridine rings is 1. The first-order chi connectivity index (χ1) is 8.25. The highest BCUT2D eigenvalue weighted by Crippen LogP contribution is 2.12. The molecular weight excluding hydrogens is 257 g/mol. The fourth-order valence-electron chi connectivity index (χ4n) is 1.23. The van der Waals surface area contributed by atoms with Crippen molar-refractivity contribution in [3.05, 3.63) is 65.0 Å². The van der Waals surface area contributed by atoms with E-state index in [0.29, 0.717) is 5.71 Å². The van der Waals surface area contributed by atoms with E-state index in [1.165, 1.54) is 0 Å². The SMILES string of the molecule is Clc1ccc(Cl)cc1.c1cnc2occc2c1. The Balaban J connectivity index is 0.000000128. The third kappa shape index (κ3) is 3.48. The predicted octanol–water partition coefficient (Wildman–Crippen LogP) is 4.82. The van der Waals surface area contributed by atoms with Crippen molar-refractivity contribution in [1.29, 1.82) is 0 Å². The molecule has 0 aliphatic carbocycles. The van der Waals surface area contributed by atoms with Crippen LogP contribution in [-0.2, 0) is 0 Å². The van der Waals surface area contributed by atoms with Crippen LogP contribution in [0.25, 0.3) is 11.1 Å². The zero-order valence-electron chi connectivity index (χ0n) is 8.81. The highest BCUT2D eigenvalue weighted by Gasteiger charge is 1.91. The molecule has 0 saturated heterocycles. The Morgan fingerprint density at radius 3 is 2.12 bits per heavy atom. The lowest BCUT2D eigenvalue weighted by molar-refractivity contribution is 0.603. The molecule has 3 rings (SSSR count). The summed E-state index contributed by atoms with van der Waals surface area (Å²) in [5.74, 6) is 0. The molecule has 0 unspecified atom stereocenters. The van der Waals surface area contributed by atoms with Crippen LogP contribution in [0, 0.1) is 0 Å². The Kier molecular flexibility index (Phi) is 4.02. The fraction of sp³-hybridized carbons (Fsp3) is 0. The van der Waals surface area contributed by atoms with E-state index < -0.39 is 0 Å². The van der Waals surface area contributed by atoms with E-state index in [2.05, 4.69) is 4.98 Å². The average Bonchev–Trinajstić information content (AvgIpc) is 2.82. The lowest BCUT2D eigenvalue weighted by Gasteiger charge is -1.86. The average molecular weight is 266 g/mol. The molecule has 0 N–H and O–H groups in total. The molecule has 0 spiro atoms. The van der Waals surface area contributed by atoms with E-state index in [4.69, 9.17) is 27.6 Å². The Hall–Kier alpha value is -1.51. The molecule has 0 saturated carbocycles. The maximum Gasteiger partial charge on any atom is 0.225 e. The molecule has 0 bridgehead atoms. The van der Waals surface area contributed by atoms with Crippen LogP contribution in [0.4, 0.5) is 0 Å². The second-order valence-electron chi connectivity index (χ2n) is 3.25. The van der Waals surface area contributed by atoms with Crippen LogP contribution in [0.2, 0.25) is 10.0 Å².